The summed E-state index contributed by atoms with van der Waals surface area (Å²) in [5.74, 6) is 0.649. The van der Waals surface area contributed by atoms with Gasteiger partial charge in [0.2, 0.25) is 0 Å². The molecule has 0 N–H and O–H groups in total. The Balaban J connectivity index is 1.48. The maximum Gasteiger partial charge on any atom is 0.0589 e. The van der Waals surface area contributed by atoms with Crippen LogP contribution in [0.15, 0.2) is 67.1 Å². The highest BCUT2D eigenvalue weighted by Crippen LogP contribution is 2.28. The van der Waals surface area contributed by atoms with E-state index in [1.54, 1.807) is 7.11 Å². The fraction of sp³-hybridized carbons (Fsp3) is 0.481. The lowest BCUT2D eigenvalue weighted by molar-refractivity contribution is 0.0564. The van der Waals surface area contributed by atoms with Gasteiger partial charge in [-0.15, -0.1) is 0 Å². The van der Waals surface area contributed by atoms with Crippen molar-refractivity contribution in [2.24, 2.45) is 13.0 Å². The highest BCUT2D eigenvalue weighted by Gasteiger charge is 2.31. The van der Waals surface area contributed by atoms with Crippen molar-refractivity contribution in [3.63, 3.8) is 0 Å². The van der Waals surface area contributed by atoms with Crippen LogP contribution >= 0.6 is 0 Å². The van der Waals surface area contributed by atoms with E-state index >= 15 is 0 Å². The van der Waals surface area contributed by atoms with Crippen molar-refractivity contribution in [2.75, 3.05) is 33.4 Å². The van der Waals surface area contributed by atoms with Gasteiger partial charge in [0.25, 0.3) is 0 Å². The molecule has 0 spiro atoms. The lowest BCUT2D eigenvalue weighted by Gasteiger charge is -2.41. The Labute approximate surface area is 198 Å². The summed E-state index contributed by atoms with van der Waals surface area (Å²) in [6.07, 6.45) is 9.50. The minimum absolute atomic E-state index is 0.463. The van der Waals surface area contributed by atoms with Gasteiger partial charge in [0.05, 0.1) is 18.5 Å². The summed E-state index contributed by atoms with van der Waals surface area (Å²) in [6.45, 7) is 5.76. The molecule has 33 heavy (non-hydrogen) atoms. The average molecular weight is 448 g/mol. The van der Waals surface area contributed by atoms with Crippen LogP contribution in [0.3, 0.4) is 0 Å². The van der Waals surface area contributed by atoms with Gasteiger partial charge >= 0.3 is 0 Å². The number of aryl methyl sites for hydroxylation is 1. The Kier molecular flexibility index (Phi) is 8.64. The van der Waals surface area contributed by atoms with Crippen LogP contribution < -0.4 is 0 Å². The summed E-state index contributed by atoms with van der Waals surface area (Å²) in [5.41, 5.74) is 3.83. The zero-order chi connectivity index (χ0) is 22.9. The monoisotopic (exact) mass is 447 g/mol. The van der Waals surface area contributed by atoms with E-state index in [-0.39, 0.29) is 0 Å². The molecule has 1 aromatic carbocycles. The molecule has 1 aliphatic heterocycles. The highest BCUT2D eigenvalue weighted by atomic mass is 16.5. The quantitative estimate of drug-likeness (QED) is 0.448. The van der Waals surface area contributed by atoms with E-state index in [1.807, 2.05) is 30.2 Å². The van der Waals surface area contributed by atoms with Gasteiger partial charge in [-0.2, -0.15) is 5.10 Å². The Morgan fingerprint density at radius 1 is 1.06 bits per heavy atom. The van der Waals surface area contributed by atoms with E-state index in [0.29, 0.717) is 12.0 Å². The topological polar surface area (TPSA) is 46.4 Å². The number of methoxy groups -OCH3 is 1. The number of nitrogens with zero attached hydrogens (tertiary/aromatic N) is 5. The van der Waals surface area contributed by atoms with Crippen LogP contribution in [0, 0.1) is 5.92 Å². The Morgan fingerprint density at radius 2 is 1.85 bits per heavy atom. The second kappa shape index (κ2) is 12.1. The van der Waals surface area contributed by atoms with Crippen molar-refractivity contribution in [3.8, 4) is 0 Å². The second-order valence-corrected chi connectivity index (χ2v) is 9.18. The molecule has 3 heterocycles. The van der Waals surface area contributed by atoms with E-state index in [4.69, 9.17) is 4.74 Å². The van der Waals surface area contributed by atoms with Gasteiger partial charge in [0.15, 0.2) is 0 Å². The number of ether oxygens (including phenoxy) is 1. The standard InChI is InChI=1S/C27H37N5O/c1-30-20-24(19-29-30)21-31-14-11-25(12-15-31)27(18-23-8-4-3-5-9-23)32(16-17-33-2)22-26-10-6-7-13-28-26/h3-10,13,19-20,25,27H,11-12,14-18,21-22H2,1-2H3. The third kappa shape index (κ3) is 6.97. The Morgan fingerprint density at radius 3 is 2.52 bits per heavy atom. The third-order valence-electron chi connectivity index (χ3n) is 6.77. The molecule has 6 nitrogen and oxygen atoms in total. The summed E-state index contributed by atoms with van der Waals surface area (Å²) in [5, 5.41) is 4.33. The number of pyridine rings is 1. The zero-order valence-corrected chi connectivity index (χ0v) is 20.0. The number of rotatable bonds is 11. The number of likely N-dealkylation sites (tertiary alicyclic amines) is 1. The van der Waals surface area contributed by atoms with Crippen LogP contribution in [0.1, 0.15) is 29.7 Å². The molecule has 0 aliphatic carbocycles. The molecule has 3 aromatic rings. The number of piperidine rings is 1. The SMILES string of the molecule is COCCN(Cc1ccccn1)C(Cc1ccccc1)C1CCN(Cc2cnn(C)c2)CC1. The highest BCUT2D eigenvalue weighted by molar-refractivity contribution is 5.17. The van der Waals surface area contributed by atoms with Crippen molar-refractivity contribution in [2.45, 2.75) is 38.4 Å². The van der Waals surface area contributed by atoms with Gasteiger partial charge < -0.3 is 4.74 Å². The largest absolute Gasteiger partial charge is 0.383 e. The molecule has 6 heteroatoms. The normalized spacial score (nSPS) is 16.3. The van der Waals surface area contributed by atoms with Crippen molar-refractivity contribution < 1.29 is 4.74 Å². The fourth-order valence-corrected chi connectivity index (χ4v) is 5.03. The van der Waals surface area contributed by atoms with Crippen molar-refractivity contribution in [3.05, 3.63) is 83.9 Å². The van der Waals surface area contributed by atoms with E-state index in [0.717, 1.165) is 51.4 Å². The lowest BCUT2D eigenvalue weighted by Crippen LogP contribution is -2.47. The number of aromatic nitrogens is 3. The molecule has 0 saturated carbocycles. The summed E-state index contributed by atoms with van der Waals surface area (Å²) in [7, 11) is 3.78. The van der Waals surface area contributed by atoms with Gasteiger partial charge in [-0.05, 0) is 56.0 Å². The van der Waals surface area contributed by atoms with Gasteiger partial charge in [-0.1, -0.05) is 36.4 Å². The fourth-order valence-electron chi connectivity index (χ4n) is 5.03. The number of benzene rings is 1. The Hall–Kier alpha value is -2.54. The minimum atomic E-state index is 0.463. The van der Waals surface area contributed by atoms with Crippen LogP contribution in [0.5, 0.6) is 0 Å². The third-order valence-corrected chi connectivity index (χ3v) is 6.77. The van der Waals surface area contributed by atoms with Crippen LogP contribution in [-0.2, 0) is 31.3 Å². The first-order valence-corrected chi connectivity index (χ1v) is 12.1. The lowest BCUT2D eigenvalue weighted by atomic mass is 9.84. The maximum absolute atomic E-state index is 5.50. The first-order chi connectivity index (χ1) is 16.2. The molecule has 0 radical (unpaired) electrons. The Bertz CT molecular complexity index is 937. The summed E-state index contributed by atoms with van der Waals surface area (Å²) in [4.78, 5) is 9.81. The first kappa shape index (κ1) is 23.6. The van der Waals surface area contributed by atoms with E-state index in [9.17, 15) is 0 Å². The summed E-state index contributed by atoms with van der Waals surface area (Å²) in [6, 6.07) is 17.6. The molecule has 0 amide bonds. The molecule has 2 aromatic heterocycles. The zero-order valence-electron chi connectivity index (χ0n) is 20.0. The van der Waals surface area contributed by atoms with Crippen molar-refractivity contribution >= 4 is 0 Å². The van der Waals surface area contributed by atoms with E-state index in [2.05, 4.69) is 68.5 Å². The molecular weight excluding hydrogens is 410 g/mol. The number of hydrogen-bond donors (Lipinski definition) is 0. The predicted octanol–water partition coefficient (Wildman–Crippen LogP) is 3.79. The maximum atomic E-state index is 5.50. The van der Waals surface area contributed by atoms with E-state index < -0.39 is 0 Å². The minimum Gasteiger partial charge on any atom is -0.383 e. The first-order valence-electron chi connectivity index (χ1n) is 12.1. The summed E-state index contributed by atoms with van der Waals surface area (Å²) >= 11 is 0. The molecule has 1 unspecified atom stereocenters. The van der Waals surface area contributed by atoms with E-state index in [1.165, 1.54) is 24.0 Å². The van der Waals surface area contributed by atoms with Crippen LogP contribution in [0.2, 0.25) is 0 Å². The van der Waals surface area contributed by atoms with Crippen molar-refractivity contribution in [1.29, 1.82) is 0 Å². The molecule has 1 saturated heterocycles. The molecule has 4 rings (SSSR count). The van der Waals surface area contributed by atoms with Crippen molar-refractivity contribution in [1.82, 2.24) is 24.6 Å². The second-order valence-electron chi connectivity index (χ2n) is 9.18. The molecule has 176 valence electrons. The van der Waals surface area contributed by atoms with Gasteiger partial charge in [0.1, 0.15) is 0 Å². The predicted molar refractivity (Wildman–Crippen MR) is 132 cm³/mol. The molecule has 1 aliphatic rings. The van der Waals surface area contributed by atoms with Gasteiger partial charge in [-0.3, -0.25) is 19.5 Å². The molecule has 1 fully saturated rings. The molecular formula is C27H37N5O. The molecule has 1 atom stereocenters. The smallest absolute Gasteiger partial charge is 0.0589 e. The molecule has 0 bridgehead atoms. The average Bonchev–Trinajstić information content (AvgIpc) is 3.26. The summed E-state index contributed by atoms with van der Waals surface area (Å²) < 4.78 is 7.40. The van der Waals surface area contributed by atoms with Crippen LogP contribution in [0.25, 0.3) is 0 Å². The van der Waals surface area contributed by atoms with Gasteiger partial charge in [-0.25, -0.2) is 0 Å². The number of hydrogen-bond acceptors (Lipinski definition) is 5. The van der Waals surface area contributed by atoms with Crippen LogP contribution in [0.4, 0.5) is 0 Å². The van der Waals surface area contributed by atoms with Gasteiger partial charge in [0, 0.05) is 57.8 Å². The van der Waals surface area contributed by atoms with Crippen LogP contribution in [-0.4, -0.2) is 64.0 Å².